The first-order chi connectivity index (χ1) is 10.4. The van der Waals surface area contributed by atoms with Crippen molar-refractivity contribution in [2.75, 3.05) is 13.2 Å². The predicted octanol–water partition coefficient (Wildman–Crippen LogP) is -4.37. The summed E-state index contributed by atoms with van der Waals surface area (Å²) in [5, 5.41) is 66.8. The summed E-state index contributed by atoms with van der Waals surface area (Å²) in [6.45, 7) is -1.17. The van der Waals surface area contributed by atoms with Gasteiger partial charge in [0.2, 0.25) is 0 Å². The van der Waals surface area contributed by atoms with E-state index >= 15 is 0 Å². The van der Waals surface area contributed by atoms with Gasteiger partial charge in [0.25, 0.3) is 0 Å². The molecule has 0 radical (unpaired) electrons. The number of aliphatic hydroxyl groups is 7. The summed E-state index contributed by atoms with van der Waals surface area (Å²) in [6, 6.07) is 0. The Labute approximate surface area is 126 Å². The van der Waals surface area contributed by atoms with Crippen LogP contribution >= 0.6 is 0 Å². The van der Waals surface area contributed by atoms with Crippen molar-refractivity contribution < 1.29 is 50.0 Å². The van der Waals surface area contributed by atoms with Crippen LogP contribution in [-0.2, 0) is 14.2 Å². The SMILES string of the molecule is OCC1O[C@@H](O[C@@H]2C(CO)OC(O)C[C@H]2O)C(O)C(O)[C@H]1O. The Kier molecular flexibility index (Phi) is 6.07. The average molecular weight is 326 g/mol. The van der Waals surface area contributed by atoms with E-state index in [4.69, 9.17) is 19.3 Å². The highest BCUT2D eigenvalue weighted by atomic mass is 16.7. The molecule has 130 valence electrons. The molecule has 0 saturated carbocycles. The zero-order valence-electron chi connectivity index (χ0n) is 11.7. The number of hydrogen-bond acceptors (Lipinski definition) is 10. The quantitative estimate of drug-likeness (QED) is 0.268. The van der Waals surface area contributed by atoms with Crippen molar-refractivity contribution in [2.45, 2.75) is 61.7 Å². The molecule has 9 atom stereocenters. The highest BCUT2D eigenvalue weighted by molar-refractivity contribution is 4.91. The third-order valence-electron chi connectivity index (χ3n) is 3.84. The van der Waals surface area contributed by atoms with Crippen molar-refractivity contribution in [3.05, 3.63) is 0 Å². The Bertz CT molecular complexity index is 353. The molecule has 10 nitrogen and oxygen atoms in total. The van der Waals surface area contributed by atoms with E-state index in [1.54, 1.807) is 0 Å². The molecule has 2 heterocycles. The molecule has 0 amide bonds. The van der Waals surface area contributed by atoms with Crippen LogP contribution in [0.2, 0.25) is 0 Å². The van der Waals surface area contributed by atoms with Crippen LogP contribution in [0.25, 0.3) is 0 Å². The van der Waals surface area contributed by atoms with Crippen LogP contribution < -0.4 is 0 Å². The van der Waals surface area contributed by atoms with Crippen LogP contribution in [-0.4, -0.2) is 104 Å². The minimum Gasteiger partial charge on any atom is -0.394 e. The van der Waals surface area contributed by atoms with Crippen molar-refractivity contribution in [1.29, 1.82) is 0 Å². The minimum absolute atomic E-state index is 0.168. The van der Waals surface area contributed by atoms with Gasteiger partial charge in [-0.3, -0.25) is 0 Å². The summed E-state index contributed by atoms with van der Waals surface area (Å²) < 4.78 is 15.5. The smallest absolute Gasteiger partial charge is 0.187 e. The molecule has 0 spiro atoms. The summed E-state index contributed by atoms with van der Waals surface area (Å²) in [4.78, 5) is 0. The Morgan fingerprint density at radius 2 is 1.45 bits per heavy atom. The van der Waals surface area contributed by atoms with Crippen molar-refractivity contribution in [1.82, 2.24) is 0 Å². The molecule has 7 N–H and O–H groups in total. The fourth-order valence-corrected chi connectivity index (χ4v) is 2.58. The summed E-state index contributed by atoms with van der Waals surface area (Å²) in [5.41, 5.74) is 0. The van der Waals surface area contributed by atoms with Gasteiger partial charge in [-0.1, -0.05) is 0 Å². The van der Waals surface area contributed by atoms with Crippen LogP contribution in [0.4, 0.5) is 0 Å². The number of hydrogen-bond donors (Lipinski definition) is 7. The Balaban J connectivity index is 2.07. The number of ether oxygens (including phenoxy) is 3. The minimum atomic E-state index is -1.63. The van der Waals surface area contributed by atoms with Crippen LogP contribution in [0.5, 0.6) is 0 Å². The number of rotatable bonds is 4. The molecule has 2 aliphatic rings. The second-order valence-corrected chi connectivity index (χ2v) is 5.41. The lowest BCUT2D eigenvalue weighted by Crippen LogP contribution is -2.62. The van der Waals surface area contributed by atoms with E-state index in [0.717, 1.165) is 0 Å². The van der Waals surface area contributed by atoms with E-state index in [2.05, 4.69) is 0 Å². The molecule has 2 aliphatic heterocycles. The van der Waals surface area contributed by atoms with Crippen LogP contribution in [0.3, 0.4) is 0 Å². The van der Waals surface area contributed by atoms with Gasteiger partial charge in [0.15, 0.2) is 12.6 Å². The second kappa shape index (κ2) is 7.45. The molecule has 0 bridgehead atoms. The van der Waals surface area contributed by atoms with Crippen LogP contribution in [0.15, 0.2) is 0 Å². The maximum Gasteiger partial charge on any atom is 0.187 e. The molecule has 2 rings (SSSR count). The molecule has 10 heteroatoms. The maximum absolute atomic E-state index is 9.92. The normalized spacial score (nSPS) is 50.0. The van der Waals surface area contributed by atoms with Gasteiger partial charge >= 0.3 is 0 Å². The van der Waals surface area contributed by atoms with Crippen molar-refractivity contribution >= 4 is 0 Å². The molecule has 2 saturated heterocycles. The van der Waals surface area contributed by atoms with Gasteiger partial charge in [-0.2, -0.15) is 0 Å². The molecular formula is C12H22O10. The topological polar surface area (TPSA) is 169 Å². The fraction of sp³-hybridized carbons (Fsp3) is 1.00. The van der Waals surface area contributed by atoms with Crippen LogP contribution in [0.1, 0.15) is 6.42 Å². The van der Waals surface area contributed by atoms with Gasteiger partial charge in [0, 0.05) is 6.42 Å². The monoisotopic (exact) mass is 326 g/mol. The standard InChI is InChI=1S/C12H22O10/c13-2-5-8(17)9(18)10(19)12(21-5)22-11-4(15)1-7(16)20-6(11)3-14/h4-19H,1-3H2/t4-,5?,6?,7?,8+,9?,10?,11+,12+/m1/s1. The van der Waals surface area contributed by atoms with Gasteiger partial charge in [-0.25, -0.2) is 0 Å². The third-order valence-corrected chi connectivity index (χ3v) is 3.84. The van der Waals surface area contributed by atoms with E-state index in [0.29, 0.717) is 0 Å². The highest BCUT2D eigenvalue weighted by Gasteiger charge is 2.47. The van der Waals surface area contributed by atoms with E-state index in [9.17, 15) is 30.6 Å². The zero-order valence-corrected chi connectivity index (χ0v) is 11.7. The average Bonchev–Trinajstić information content (AvgIpc) is 2.49. The summed E-state index contributed by atoms with van der Waals surface area (Å²) in [7, 11) is 0. The Morgan fingerprint density at radius 3 is 2.05 bits per heavy atom. The van der Waals surface area contributed by atoms with E-state index < -0.39 is 68.5 Å². The Hall–Kier alpha value is -0.400. The summed E-state index contributed by atoms with van der Waals surface area (Å²) in [5.74, 6) is 0. The predicted molar refractivity (Wildman–Crippen MR) is 67.2 cm³/mol. The van der Waals surface area contributed by atoms with Gasteiger partial charge in [-0.05, 0) is 0 Å². The lowest BCUT2D eigenvalue weighted by molar-refractivity contribution is -0.342. The first-order valence-electron chi connectivity index (χ1n) is 6.97. The molecule has 5 unspecified atom stereocenters. The first kappa shape index (κ1) is 17.9. The zero-order chi connectivity index (χ0) is 16.4. The van der Waals surface area contributed by atoms with Crippen molar-refractivity contribution in [3.63, 3.8) is 0 Å². The van der Waals surface area contributed by atoms with E-state index in [1.165, 1.54) is 0 Å². The van der Waals surface area contributed by atoms with Crippen molar-refractivity contribution in [3.8, 4) is 0 Å². The molecule has 2 fully saturated rings. The second-order valence-electron chi connectivity index (χ2n) is 5.41. The van der Waals surface area contributed by atoms with E-state index in [-0.39, 0.29) is 6.42 Å². The highest BCUT2D eigenvalue weighted by Crippen LogP contribution is 2.28. The van der Waals surface area contributed by atoms with Gasteiger partial charge in [0.1, 0.15) is 36.6 Å². The lowest BCUT2D eigenvalue weighted by atomic mass is 9.98. The number of aliphatic hydroxyl groups excluding tert-OH is 7. The summed E-state index contributed by atoms with van der Waals surface area (Å²) >= 11 is 0. The Morgan fingerprint density at radius 1 is 0.818 bits per heavy atom. The maximum atomic E-state index is 9.92. The summed E-state index contributed by atoms with van der Waals surface area (Å²) in [6.07, 6.45) is -12.2. The molecule has 0 aliphatic carbocycles. The van der Waals surface area contributed by atoms with Gasteiger partial charge in [0.05, 0.1) is 19.3 Å². The van der Waals surface area contributed by atoms with Crippen LogP contribution in [0, 0.1) is 0 Å². The largest absolute Gasteiger partial charge is 0.394 e. The van der Waals surface area contributed by atoms with E-state index in [1.807, 2.05) is 0 Å². The molecule has 0 aromatic rings. The molecule has 0 aromatic carbocycles. The van der Waals surface area contributed by atoms with Gasteiger partial charge < -0.3 is 50.0 Å². The lowest BCUT2D eigenvalue weighted by Gasteiger charge is -2.44. The van der Waals surface area contributed by atoms with Crippen molar-refractivity contribution in [2.24, 2.45) is 0 Å². The molecular weight excluding hydrogens is 304 g/mol. The fourth-order valence-electron chi connectivity index (χ4n) is 2.58. The first-order valence-corrected chi connectivity index (χ1v) is 6.97. The van der Waals surface area contributed by atoms with Gasteiger partial charge in [-0.15, -0.1) is 0 Å². The molecule has 22 heavy (non-hydrogen) atoms. The third kappa shape index (κ3) is 3.57. The molecule has 0 aromatic heterocycles.